The standard InChI is InChI=1S/C65H53NS3Si/c1-63(2)48-20-12-10-17-45(48)58-49(63)32-34-55-61(58)69-60-42(18-15-22-54(60)67-55)38-24-26-39(27-25-38)66(40-28-30-44-43-16-9-11-19-47(43)64(3,4)51(44)36-40)41-29-31-46-52(37-41)65(5,6)50-33-35-57-62(59(46)50)68-53-21-13-14-23-56(53)70(57,7)8/h9-37H,1-8H3. The first-order chi connectivity index (χ1) is 33.7. The van der Waals surface area contributed by atoms with Gasteiger partial charge < -0.3 is 4.90 Å². The van der Waals surface area contributed by atoms with E-state index in [-0.39, 0.29) is 16.2 Å². The van der Waals surface area contributed by atoms with E-state index in [1.807, 2.05) is 35.3 Å². The lowest BCUT2D eigenvalue weighted by atomic mass is 9.82. The second-order valence-corrected chi connectivity index (χ2v) is 29.5. The quantitative estimate of drug-likeness (QED) is 0.162. The van der Waals surface area contributed by atoms with Gasteiger partial charge in [-0.1, -0.05) is 211 Å². The van der Waals surface area contributed by atoms with E-state index in [4.69, 9.17) is 0 Å². The van der Waals surface area contributed by atoms with Crippen LogP contribution in [0.15, 0.2) is 205 Å². The third kappa shape index (κ3) is 5.84. The predicted octanol–water partition coefficient (Wildman–Crippen LogP) is 17.6. The first-order valence-corrected chi connectivity index (χ1v) is 30.2. The number of anilines is 3. The highest BCUT2D eigenvalue weighted by Gasteiger charge is 2.44. The Labute approximate surface area is 426 Å². The van der Waals surface area contributed by atoms with Gasteiger partial charge >= 0.3 is 0 Å². The fraction of sp³-hybridized carbons (Fsp3) is 0.169. The van der Waals surface area contributed by atoms with E-state index in [1.54, 1.807) is 10.4 Å². The maximum absolute atomic E-state index is 2.54. The molecule has 2 heterocycles. The van der Waals surface area contributed by atoms with Crippen LogP contribution in [0, 0.1) is 0 Å². The van der Waals surface area contributed by atoms with E-state index in [1.165, 1.54) is 119 Å². The van der Waals surface area contributed by atoms with Crippen molar-refractivity contribution < 1.29 is 0 Å². The lowest BCUT2D eigenvalue weighted by Crippen LogP contribution is -2.56. The molecular weight excluding hydrogens is 919 g/mol. The molecule has 3 aliphatic carbocycles. The summed E-state index contributed by atoms with van der Waals surface area (Å²) in [6, 6.07) is 67.8. The number of fused-ring (bicyclic) bond motifs is 15. The number of benzene rings is 9. The minimum absolute atomic E-state index is 0.0329. The van der Waals surface area contributed by atoms with Crippen LogP contribution in [0.2, 0.25) is 13.1 Å². The van der Waals surface area contributed by atoms with Crippen LogP contribution >= 0.6 is 35.3 Å². The normalized spacial score (nSPS) is 16.9. The fourth-order valence-electron chi connectivity index (χ4n) is 13.0. The van der Waals surface area contributed by atoms with Crippen molar-refractivity contribution in [1.29, 1.82) is 0 Å². The Morgan fingerprint density at radius 1 is 0.343 bits per heavy atom. The second-order valence-electron chi connectivity index (χ2n) is 22.0. The first kappa shape index (κ1) is 42.9. The molecule has 0 unspecified atom stereocenters. The SMILES string of the molecule is CC1(C)c2ccccc2-c2ccc(N(c3ccc(-c4cccc5c4Sc4c(ccc6c4-c4ccccc4C6(C)C)S5)cc3)c3ccc4c(c3)C(C)(C)c3ccc5c(c3-4)Sc3ccccc3[Si]5(C)C)cc21. The zero-order chi connectivity index (χ0) is 47.6. The molecule has 0 atom stereocenters. The van der Waals surface area contributed by atoms with Gasteiger partial charge in [0.25, 0.3) is 0 Å². The van der Waals surface area contributed by atoms with Gasteiger partial charge in [-0.05, 0) is 137 Å². The summed E-state index contributed by atoms with van der Waals surface area (Å²) >= 11 is 5.88. The monoisotopic (exact) mass is 971 g/mol. The Balaban J connectivity index is 0.892. The number of hydrogen-bond acceptors (Lipinski definition) is 4. The Morgan fingerprint density at radius 2 is 0.857 bits per heavy atom. The summed E-state index contributed by atoms with van der Waals surface area (Å²) in [4.78, 5) is 10.8. The topological polar surface area (TPSA) is 3.24 Å². The van der Waals surface area contributed by atoms with E-state index in [2.05, 4.69) is 235 Å². The van der Waals surface area contributed by atoms with Crippen molar-refractivity contribution in [2.45, 2.75) is 100 Å². The number of rotatable bonds is 4. The molecule has 0 aromatic heterocycles. The molecule has 1 nitrogen and oxygen atoms in total. The van der Waals surface area contributed by atoms with Crippen LogP contribution in [-0.4, -0.2) is 8.07 Å². The molecule has 0 saturated heterocycles. The fourth-order valence-corrected chi connectivity index (χ4v) is 21.1. The van der Waals surface area contributed by atoms with Gasteiger partial charge in [-0.2, -0.15) is 0 Å². The van der Waals surface area contributed by atoms with Crippen molar-refractivity contribution in [1.82, 2.24) is 0 Å². The lowest BCUT2D eigenvalue weighted by molar-refractivity contribution is 0.659. The molecule has 14 rings (SSSR count). The summed E-state index contributed by atoms with van der Waals surface area (Å²) in [5, 5.41) is 3.11. The summed E-state index contributed by atoms with van der Waals surface area (Å²) in [6.45, 7) is 19.5. The van der Waals surface area contributed by atoms with Gasteiger partial charge in [0.15, 0.2) is 0 Å². The van der Waals surface area contributed by atoms with E-state index in [0.717, 1.165) is 5.69 Å². The molecule has 9 aromatic carbocycles. The van der Waals surface area contributed by atoms with Crippen LogP contribution in [0.5, 0.6) is 0 Å². The van der Waals surface area contributed by atoms with E-state index in [9.17, 15) is 0 Å². The first-order valence-electron chi connectivity index (χ1n) is 24.7. The highest BCUT2D eigenvalue weighted by molar-refractivity contribution is 8.05. The highest BCUT2D eigenvalue weighted by Crippen LogP contribution is 2.61. The van der Waals surface area contributed by atoms with Crippen molar-refractivity contribution in [3.63, 3.8) is 0 Å². The average molecular weight is 972 g/mol. The van der Waals surface area contributed by atoms with Crippen LogP contribution in [0.25, 0.3) is 44.5 Å². The van der Waals surface area contributed by atoms with Crippen molar-refractivity contribution in [2.75, 3.05) is 4.90 Å². The Kier molecular flexibility index (Phi) is 9.07. The molecule has 0 spiro atoms. The van der Waals surface area contributed by atoms with Crippen LogP contribution < -0.4 is 15.3 Å². The summed E-state index contributed by atoms with van der Waals surface area (Å²) < 4.78 is 0. The summed E-state index contributed by atoms with van der Waals surface area (Å²) in [7, 11) is -1.91. The van der Waals surface area contributed by atoms with E-state index < -0.39 is 8.07 Å². The maximum atomic E-state index is 2.54. The Morgan fingerprint density at radius 3 is 1.61 bits per heavy atom. The predicted molar refractivity (Wildman–Crippen MR) is 301 cm³/mol. The third-order valence-corrected chi connectivity index (χ3v) is 24.6. The van der Waals surface area contributed by atoms with Crippen molar-refractivity contribution >= 4 is 70.8 Å². The van der Waals surface area contributed by atoms with Crippen molar-refractivity contribution in [2.24, 2.45) is 0 Å². The van der Waals surface area contributed by atoms with Gasteiger partial charge in [0, 0.05) is 68.2 Å². The maximum Gasteiger partial charge on any atom is 0.115 e. The van der Waals surface area contributed by atoms with Crippen molar-refractivity contribution in [3.8, 4) is 44.5 Å². The molecule has 9 aromatic rings. The zero-order valence-corrected chi connectivity index (χ0v) is 44.4. The van der Waals surface area contributed by atoms with Gasteiger partial charge in [-0.3, -0.25) is 0 Å². The van der Waals surface area contributed by atoms with Crippen molar-refractivity contribution in [3.05, 3.63) is 209 Å². The smallest absolute Gasteiger partial charge is 0.115 e. The molecule has 70 heavy (non-hydrogen) atoms. The molecule has 0 fully saturated rings. The third-order valence-electron chi connectivity index (χ3n) is 16.8. The van der Waals surface area contributed by atoms with Gasteiger partial charge in [-0.15, -0.1) is 0 Å². The molecule has 340 valence electrons. The van der Waals surface area contributed by atoms with E-state index in [0.29, 0.717) is 0 Å². The zero-order valence-electron chi connectivity index (χ0n) is 40.9. The molecule has 0 amide bonds. The molecule has 2 aliphatic heterocycles. The second kappa shape index (κ2) is 14.8. The number of nitrogens with zero attached hydrogens (tertiary/aromatic N) is 1. The molecule has 0 radical (unpaired) electrons. The minimum Gasteiger partial charge on any atom is -0.310 e. The Hall–Kier alpha value is -5.95. The minimum atomic E-state index is -1.91. The molecular formula is C65H53NS3Si. The van der Waals surface area contributed by atoms with Gasteiger partial charge in [0.2, 0.25) is 0 Å². The summed E-state index contributed by atoms with van der Waals surface area (Å²) in [5.41, 5.74) is 22.4. The van der Waals surface area contributed by atoms with Crippen LogP contribution in [0.3, 0.4) is 0 Å². The molecule has 5 aliphatic rings. The van der Waals surface area contributed by atoms with Gasteiger partial charge in [-0.25, -0.2) is 0 Å². The van der Waals surface area contributed by atoms with Crippen LogP contribution in [-0.2, 0) is 16.2 Å². The van der Waals surface area contributed by atoms with Crippen LogP contribution in [0.1, 0.15) is 74.9 Å². The largest absolute Gasteiger partial charge is 0.310 e. The summed E-state index contributed by atoms with van der Waals surface area (Å²) in [5.74, 6) is 0. The van der Waals surface area contributed by atoms with Gasteiger partial charge in [0.05, 0.1) is 0 Å². The molecule has 0 N–H and O–H groups in total. The molecule has 0 saturated carbocycles. The lowest BCUT2D eigenvalue weighted by Gasteiger charge is -2.34. The molecule has 5 heteroatoms. The van der Waals surface area contributed by atoms with Gasteiger partial charge in [0.1, 0.15) is 8.07 Å². The van der Waals surface area contributed by atoms with Crippen LogP contribution in [0.4, 0.5) is 17.1 Å². The molecule has 0 bridgehead atoms. The highest BCUT2D eigenvalue weighted by atomic mass is 32.2. The Bertz CT molecular complexity index is 3760. The number of hydrogen-bond donors (Lipinski definition) is 0. The summed E-state index contributed by atoms with van der Waals surface area (Å²) in [6.07, 6.45) is 0. The van der Waals surface area contributed by atoms with E-state index >= 15 is 0 Å². The average Bonchev–Trinajstić information content (AvgIpc) is 3.85.